The number of carboxylic acids is 1. The number of aromatic carboxylic acids is 1. The van der Waals surface area contributed by atoms with E-state index in [-0.39, 0.29) is 23.3 Å². The average Bonchev–Trinajstić information content (AvgIpc) is 3.74. The summed E-state index contributed by atoms with van der Waals surface area (Å²) < 4.78 is 20.7. The van der Waals surface area contributed by atoms with Crippen LogP contribution in [-0.2, 0) is 6.54 Å². The van der Waals surface area contributed by atoms with Crippen LogP contribution in [0.5, 0.6) is 0 Å². The number of hydrogen-bond acceptors (Lipinski definition) is 6. The minimum atomic E-state index is -1.12. The third-order valence-electron chi connectivity index (χ3n) is 7.99. The number of carbonyl (C=O) groups excluding carboxylic acids is 1. The van der Waals surface area contributed by atoms with Crippen molar-refractivity contribution in [3.05, 3.63) is 101 Å². The lowest BCUT2D eigenvalue weighted by molar-refractivity contribution is 0.0684. The lowest BCUT2D eigenvalue weighted by atomic mass is 9.90. The van der Waals surface area contributed by atoms with Gasteiger partial charge in [0.2, 0.25) is 0 Å². The Hall–Kier alpha value is -4.31. The average molecular weight is 544 g/mol. The molecular weight excluding hydrogens is 513 g/mol. The quantitative estimate of drug-likeness (QED) is 0.360. The highest BCUT2D eigenvalue weighted by Gasteiger charge is 2.34. The van der Waals surface area contributed by atoms with Gasteiger partial charge in [-0.25, -0.2) is 13.9 Å². The number of hydrogen-bond donors (Lipinski definition) is 1. The van der Waals surface area contributed by atoms with Crippen LogP contribution in [-0.4, -0.2) is 67.9 Å². The Labute approximate surface area is 230 Å². The minimum Gasteiger partial charge on any atom is -0.476 e. The molecule has 2 aliphatic rings. The Morgan fingerprint density at radius 1 is 0.975 bits per heavy atom. The van der Waals surface area contributed by atoms with E-state index in [1.54, 1.807) is 23.0 Å². The second kappa shape index (κ2) is 11.1. The highest BCUT2D eigenvalue weighted by molar-refractivity contribution is 5.95. The third kappa shape index (κ3) is 5.27. The first-order chi connectivity index (χ1) is 19.5. The number of rotatable bonds is 7. The van der Waals surface area contributed by atoms with Crippen molar-refractivity contribution >= 4 is 11.9 Å². The molecule has 2 saturated heterocycles. The van der Waals surface area contributed by atoms with Crippen molar-refractivity contribution in [1.29, 1.82) is 0 Å². The van der Waals surface area contributed by atoms with Gasteiger partial charge in [0, 0.05) is 31.0 Å². The van der Waals surface area contributed by atoms with Crippen molar-refractivity contribution in [2.75, 3.05) is 26.2 Å². The first-order valence-corrected chi connectivity index (χ1v) is 13.6. The number of carboxylic acid groups (broad SMARTS) is 1. The molecule has 0 radical (unpaired) electrons. The van der Waals surface area contributed by atoms with Gasteiger partial charge in [-0.05, 0) is 62.2 Å². The Bertz CT molecular complexity index is 1490. The molecule has 2 aromatic heterocycles. The fourth-order valence-electron chi connectivity index (χ4n) is 5.89. The zero-order valence-electron chi connectivity index (χ0n) is 21.9. The van der Waals surface area contributed by atoms with Gasteiger partial charge >= 0.3 is 5.97 Å². The summed E-state index contributed by atoms with van der Waals surface area (Å²) in [6.07, 6.45) is 4.13. The molecule has 4 aromatic rings. The number of nitrogens with zero attached hydrogens (tertiary/aromatic N) is 5. The standard InChI is InChI=1S/C30H30FN5O4/c31-23-6-8-24(9-7-23)36-28(21-10-13-34(14-11-21)19-25-16-27(30(38)39)33-40-25)26(17-32-36)29(37)35-15-12-22(18-35)20-4-2-1-3-5-20/h1-9,16-17,21-22H,10-15,18-19H2,(H,38,39). The molecule has 0 bridgehead atoms. The number of likely N-dealkylation sites (tertiary alicyclic amines) is 2. The van der Waals surface area contributed by atoms with Gasteiger partial charge in [-0.3, -0.25) is 9.69 Å². The lowest BCUT2D eigenvalue weighted by Gasteiger charge is -2.32. The molecule has 0 aliphatic carbocycles. The van der Waals surface area contributed by atoms with Gasteiger partial charge in [0.15, 0.2) is 11.5 Å². The van der Waals surface area contributed by atoms with Crippen LogP contribution in [0.1, 0.15) is 69.0 Å². The van der Waals surface area contributed by atoms with Crippen LogP contribution in [0, 0.1) is 5.82 Å². The van der Waals surface area contributed by atoms with Crippen LogP contribution in [0.25, 0.3) is 5.69 Å². The zero-order chi connectivity index (χ0) is 27.6. The summed E-state index contributed by atoms with van der Waals surface area (Å²) in [5.41, 5.74) is 3.30. The molecule has 206 valence electrons. The van der Waals surface area contributed by atoms with Crippen LogP contribution in [0.2, 0.25) is 0 Å². The molecule has 1 amide bonds. The summed E-state index contributed by atoms with van der Waals surface area (Å²) in [4.78, 5) is 29.1. The van der Waals surface area contributed by atoms with Crippen molar-refractivity contribution in [2.24, 2.45) is 0 Å². The maximum absolute atomic E-state index is 13.9. The van der Waals surface area contributed by atoms with E-state index in [0.29, 0.717) is 42.6 Å². The molecule has 2 fully saturated rings. The highest BCUT2D eigenvalue weighted by atomic mass is 19.1. The highest BCUT2D eigenvalue weighted by Crippen LogP contribution is 2.35. The van der Waals surface area contributed by atoms with Crippen LogP contribution in [0.3, 0.4) is 0 Å². The van der Waals surface area contributed by atoms with E-state index in [1.165, 1.54) is 23.8 Å². The van der Waals surface area contributed by atoms with Crippen molar-refractivity contribution in [3.63, 3.8) is 0 Å². The van der Waals surface area contributed by atoms with Gasteiger partial charge in [0.05, 0.1) is 29.7 Å². The molecule has 2 aromatic carbocycles. The van der Waals surface area contributed by atoms with Crippen LogP contribution in [0.15, 0.2) is 71.4 Å². The van der Waals surface area contributed by atoms with Gasteiger partial charge in [-0.2, -0.15) is 5.10 Å². The van der Waals surface area contributed by atoms with Gasteiger partial charge < -0.3 is 14.5 Å². The zero-order valence-corrected chi connectivity index (χ0v) is 21.9. The predicted molar refractivity (Wildman–Crippen MR) is 144 cm³/mol. The first kappa shape index (κ1) is 25.9. The van der Waals surface area contributed by atoms with Crippen molar-refractivity contribution in [2.45, 2.75) is 37.6 Å². The van der Waals surface area contributed by atoms with E-state index in [1.807, 2.05) is 23.1 Å². The SMILES string of the molecule is O=C(O)c1cc(CN2CCC(c3c(C(=O)N4CCC(c5ccccc5)C4)cnn3-c3ccc(F)cc3)CC2)on1. The van der Waals surface area contributed by atoms with Crippen molar-refractivity contribution in [1.82, 2.24) is 24.7 Å². The lowest BCUT2D eigenvalue weighted by Crippen LogP contribution is -2.34. The molecule has 2 aliphatic heterocycles. The summed E-state index contributed by atoms with van der Waals surface area (Å²) in [7, 11) is 0. The largest absolute Gasteiger partial charge is 0.476 e. The molecule has 9 nitrogen and oxygen atoms in total. The summed E-state index contributed by atoms with van der Waals surface area (Å²) in [6.45, 7) is 3.28. The summed E-state index contributed by atoms with van der Waals surface area (Å²) in [5.74, 6) is -0.587. The molecule has 6 rings (SSSR count). The maximum atomic E-state index is 13.9. The number of benzene rings is 2. The van der Waals surface area contributed by atoms with Crippen LogP contribution < -0.4 is 0 Å². The minimum absolute atomic E-state index is 0.0212. The van der Waals surface area contributed by atoms with Crippen LogP contribution >= 0.6 is 0 Å². The molecule has 4 heterocycles. The van der Waals surface area contributed by atoms with E-state index in [2.05, 4.69) is 27.3 Å². The van der Waals surface area contributed by atoms with E-state index >= 15 is 0 Å². The molecule has 0 spiro atoms. The van der Waals surface area contributed by atoms with Gasteiger partial charge in [-0.1, -0.05) is 35.5 Å². The monoisotopic (exact) mass is 543 g/mol. The van der Waals surface area contributed by atoms with Crippen molar-refractivity contribution in [3.8, 4) is 5.69 Å². The molecular formula is C30H30FN5O4. The van der Waals surface area contributed by atoms with Gasteiger partial charge in [0.1, 0.15) is 5.82 Å². The number of carbonyl (C=O) groups is 2. The number of aromatic nitrogens is 3. The van der Waals surface area contributed by atoms with E-state index in [9.17, 15) is 14.0 Å². The number of halogens is 1. The van der Waals surface area contributed by atoms with E-state index < -0.39 is 5.97 Å². The normalized spacial score (nSPS) is 18.3. The second-order valence-electron chi connectivity index (χ2n) is 10.5. The predicted octanol–water partition coefficient (Wildman–Crippen LogP) is 4.71. The smallest absolute Gasteiger partial charge is 0.358 e. The maximum Gasteiger partial charge on any atom is 0.358 e. The van der Waals surface area contributed by atoms with E-state index in [4.69, 9.17) is 9.63 Å². The molecule has 1 N–H and O–H groups in total. The Morgan fingerprint density at radius 3 is 2.40 bits per heavy atom. The fourth-order valence-corrected chi connectivity index (χ4v) is 5.89. The Morgan fingerprint density at radius 2 is 1.70 bits per heavy atom. The van der Waals surface area contributed by atoms with Crippen molar-refractivity contribution < 1.29 is 23.6 Å². The molecule has 1 unspecified atom stereocenters. The first-order valence-electron chi connectivity index (χ1n) is 13.6. The van der Waals surface area contributed by atoms with Gasteiger partial charge in [0.25, 0.3) is 5.91 Å². The van der Waals surface area contributed by atoms with Crippen LogP contribution in [0.4, 0.5) is 4.39 Å². The Balaban J connectivity index is 1.22. The Kier molecular flexibility index (Phi) is 7.17. The summed E-state index contributed by atoms with van der Waals surface area (Å²) in [5, 5.41) is 17.3. The summed E-state index contributed by atoms with van der Waals surface area (Å²) in [6, 6.07) is 17.9. The van der Waals surface area contributed by atoms with E-state index in [0.717, 1.165) is 38.0 Å². The number of amides is 1. The molecule has 1 atom stereocenters. The molecule has 10 heteroatoms. The third-order valence-corrected chi connectivity index (χ3v) is 7.99. The van der Waals surface area contributed by atoms with Gasteiger partial charge in [-0.15, -0.1) is 0 Å². The second-order valence-corrected chi connectivity index (χ2v) is 10.5. The fraction of sp³-hybridized carbons (Fsp3) is 0.333. The summed E-state index contributed by atoms with van der Waals surface area (Å²) >= 11 is 0. The molecule has 0 saturated carbocycles. The molecule has 40 heavy (non-hydrogen) atoms. The number of piperidine rings is 1. The topological polar surface area (TPSA) is 105 Å².